The first-order valence-corrected chi connectivity index (χ1v) is 5.86. The Morgan fingerprint density at radius 3 is 2.47 bits per heavy atom. The number of hydrogen-bond donors (Lipinski definition) is 1. The van der Waals surface area contributed by atoms with E-state index >= 15 is 0 Å². The standard InChI is InChI=1S/C15H10FNO2/c16-12-4-1-9(2-5-12)15(19)10-3-6-13-11(7-10)8-14(18)17-13/h1-7H,8H2,(H,17,18). The molecule has 19 heavy (non-hydrogen) atoms. The predicted molar refractivity (Wildman–Crippen MR) is 68.6 cm³/mol. The fraction of sp³-hybridized carbons (Fsp3) is 0.0667. The molecule has 4 heteroatoms. The third kappa shape index (κ3) is 2.12. The minimum absolute atomic E-state index is 0.0682. The van der Waals surface area contributed by atoms with Crippen LogP contribution in [0.4, 0.5) is 10.1 Å². The highest BCUT2D eigenvalue weighted by Crippen LogP contribution is 2.25. The van der Waals surface area contributed by atoms with Crippen LogP contribution < -0.4 is 5.32 Å². The van der Waals surface area contributed by atoms with Crippen molar-refractivity contribution >= 4 is 17.4 Å². The fourth-order valence-electron chi connectivity index (χ4n) is 2.14. The third-order valence-corrected chi connectivity index (χ3v) is 3.10. The fourth-order valence-corrected chi connectivity index (χ4v) is 2.14. The van der Waals surface area contributed by atoms with E-state index in [-0.39, 0.29) is 17.5 Å². The molecule has 0 aliphatic carbocycles. The van der Waals surface area contributed by atoms with E-state index in [0.29, 0.717) is 17.5 Å². The molecule has 3 rings (SSSR count). The van der Waals surface area contributed by atoms with Crippen LogP contribution in [0.1, 0.15) is 21.5 Å². The molecule has 1 heterocycles. The molecule has 0 saturated heterocycles. The highest BCUT2D eigenvalue weighted by molar-refractivity contribution is 6.10. The molecule has 0 fully saturated rings. The summed E-state index contributed by atoms with van der Waals surface area (Å²) in [6, 6.07) is 10.5. The molecule has 2 aromatic rings. The average Bonchev–Trinajstić information content (AvgIpc) is 2.77. The molecule has 94 valence electrons. The van der Waals surface area contributed by atoms with Crippen molar-refractivity contribution in [3.05, 3.63) is 65.0 Å². The van der Waals surface area contributed by atoms with Gasteiger partial charge in [0.15, 0.2) is 5.78 Å². The summed E-state index contributed by atoms with van der Waals surface area (Å²) in [5.41, 5.74) is 2.50. The van der Waals surface area contributed by atoms with Crippen molar-refractivity contribution in [1.29, 1.82) is 0 Å². The minimum Gasteiger partial charge on any atom is -0.326 e. The summed E-state index contributed by atoms with van der Waals surface area (Å²) in [7, 11) is 0. The molecule has 1 amide bonds. The van der Waals surface area contributed by atoms with Crippen LogP contribution in [0.15, 0.2) is 42.5 Å². The molecule has 0 spiro atoms. The zero-order chi connectivity index (χ0) is 13.4. The second kappa shape index (κ2) is 4.31. The maximum atomic E-state index is 12.8. The van der Waals surface area contributed by atoms with Crippen LogP contribution in [0.25, 0.3) is 0 Å². The smallest absolute Gasteiger partial charge is 0.228 e. The Labute approximate surface area is 109 Å². The van der Waals surface area contributed by atoms with Gasteiger partial charge in [0.05, 0.1) is 6.42 Å². The second-order valence-corrected chi connectivity index (χ2v) is 4.43. The van der Waals surface area contributed by atoms with Crippen LogP contribution in [-0.4, -0.2) is 11.7 Å². The van der Waals surface area contributed by atoms with Gasteiger partial charge < -0.3 is 5.32 Å². The molecule has 1 N–H and O–H groups in total. The lowest BCUT2D eigenvalue weighted by molar-refractivity contribution is -0.115. The van der Waals surface area contributed by atoms with Gasteiger partial charge in [-0.05, 0) is 48.0 Å². The van der Waals surface area contributed by atoms with E-state index in [0.717, 1.165) is 11.3 Å². The van der Waals surface area contributed by atoms with Gasteiger partial charge in [-0.15, -0.1) is 0 Å². The van der Waals surface area contributed by atoms with E-state index in [1.807, 2.05) is 0 Å². The summed E-state index contributed by atoms with van der Waals surface area (Å²) in [6.07, 6.45) is 0.292. The molecule has 2 aromatic carbocycles. The van der Waals surface area contributed by atoms with E-state index in [1.54, 1.807) is 18.2 Å². The monoisotopic (exact) mass is 255 g/mol. The van der Waals surface area contributed by atoms with E-state index in [9.17, 15) is 14.0 Å². The number of rotatable bonds is 2. The number of benzene rings is 2. The van der Waals surface area contributed by atoms with Crippen LogP contribution in [0, 0.1) is 5.82 Å². The lowest BCUT2D eigenvalue weighted by atomic mass is 10.0. The van der Waals surface area contributed by atoms with Gasteiger partial charge in [-0.2, -0.15) is 0 Å². The second-order valence-electron chi connectivity index (χ2n) is 4.43. The summed E-state index contributed by atoms with van der Waals surface area (Å²) in [6.45, 7) is 0. The van der Waals surface area contributed by atoms with Crippen LogP contribution in [0.5, 0.6) is 0 Å². The Balaban J connectivity index is 1.95. The number of anilines is 1. The average molecular weight is 255 g/mol. The third-order valence-electron chi connectivity index (χ3n) is 3.10. The summed E-state index contributed by atoms with van der Waals surface area (Å²) in [4.78, 5) is 23.5. The first-order valence-electron chi connectivity index (χ1n) is 5.86. The summed E-state index contributed by atoms with van der Waals surface area (Å²) in [5.74, 6) is -0.621. The number of amides is 1. The van der Waals surface area contributed by atoms with Crippen molar-refractivity contribution in [1.82, 2.24) is 0 Å². The minimum atomic E-state index is -0.375. The molecule has 0 aromatic heterocycles. The normalized spacial score (nSPS) is 13.0. The van der Waals surface area contributed by atoms with E-state index in [4.69, 9.17) is 0 Å². The summed E-state index contributed by atoms with van der Waals surface area (Å²) in [5, 5.41) is 2.71. The number of fused-ring (bicyclic) bond motifs is 1. The van der Waals surface area contributed by atoms with Crippen LogP contribution in [0.2, 0.25) is 0 Å². The molecular formula is C15H10FNO2. The Bertz CT molecular complexity index is 677. The molecule has 0 saturated carbocycles. The van der Waals surface area contributed by atoms with Gasteiger partial charge >= 0.3 is 0 Å². The SMILES string of the molecule is O=C1Cc2cc(C(=O)c3ccc(F)cc3)ccc2N1. The van der Waals surface area contributed by atoms with Gasteiger partial charge in [-0.25, -0.2) is 4.39 Å². The molecule has 1 aliphatic heterocycles. The molecule has 0 radical (unpaired) electrons. The number of ketones is 1. The Morgan fingerprint density at radius 2 is 1.74 bits per heavy atom. The summed E-state index contributed by atoms with van der Waals surface area (Å²) < 4.78 is 12.8. The van der Waals surface area contributed by atoms with Gasteiger partial charge in [-0.3, -0.25) is 9.59 Å². The molecule has 1 aliphatic rings. The van der Waals surface area contributed by atoms with E-state index in [2.05, 4.69) is 5.32 Å². The lowest BCUT2D eigenvalue weighted by Gasteiger charge is -2.04. The van der Waals surface area contributed by atoms with Crippen molar-refractivity contribution in [2.45, 2.75) is 6.42 Å². The van der Waals surface area contributed by atoms with Gasteiger partial charge in [0.25, 0.3) is 0 Å². The highest BCUT2D eigenvalue weighted by Gasteiger charge is 2.19. The number of nitrogens with one attached hydrogen (secondary N) is 1. The quantitative estimate of drug-likeness (QED) is 0.838. The predicted octanol–water partition coefficient (Wildman–Crippen LogP) is 2.55. The van der Waals surface area contributed by atoms with Crippen molar-refractivity contribution in [3.63, 3.8) is 0 Å². The first kappa shape index (κ1) is 11.6. The molecule has 0 unspecified atom stereocenters. The van der Waals surface area contributed by atoms with Crippen molar-refractivity contribution in [3.8, 4) is 0 Å². The Morgan fingerprint density at radius 1 is 1.05 bits per heavy atom. The first-order chi connectivity index (χ1) is 9.13. The van der Waals surface area contributed by atoms with Crippen molar-refractivity contribution in [2.75, 3.05) is 5.32 Å². The number of halogens is 1. The molecular weight excluding hydrogens is 245 g/mol. The number of carbonyl (C=O) groups excluding carboxylic acids is 2. The van der Waals surface area contributed by atoms with Crippen molar-refractivity contribution in [2.24, 2.45) is 0 Å². The lowest BCUT2D eigenvalue weighted by Crippen LogP contribution is -2.03. The Hall–Kier alpha value is -2.49. The van der Waals surface area contributed by atoms with E-state index in [1.165, 1.54) is 24.3 Å². The van der Waals surface area contributed by atoms with Crippen LogP contribution in [-0.2, 0) is 11.2 Å². The maximum Gasteiger partial charge on any atom is 0.228 e. The topological polar surface area (TPSA) is 46.2 Å². The maximum absolute atomic E-state index is 12.8. The van der Waals surface area contributed by atoms with Crippen LogP contribution in [0.3, 0.4) is 0 Å². The van der Waals surface area contributed by atoms with E-state index < -0.39 is 0 Å². The number of carbonyl (C=O) groups is 2. The van der Waals surface area contributed by atoms with Crippen molar-refractivity contribution < 1.29 is 14.0 Å². The molecule has 0 bridgehead atoms. The summed E-state index contributed by atoms with van der Waals surface area (Å²) >= 11 is 0. The van der Waals surface area contributed by atoms with Gasteiger partial charge in [0.1, 0.15) is 5.82 Å². The highest BCUT2D eigenvalue weighted by atomic mass is 19.1. The zero-order valence-corrected chi connectivity index (χ0v) is 9.94. The molecule has 0 atom stereocenters. The largest absolute Gasteiger partial charge is 0.326 e. The van der Waals surface area contributed by atoms with Gasteiger partial charge in [0, 0.05) is 16.8 Å². The zero-order valence-electron chi connectivity index (χ0n) is 9.94. The Kier molecular flexibility index (Phi) is 2.63. The van der Waals surface area contributed by atoms with Gasteiger partial charge in [0.2, 0.25) is 5.91 Å². The van der Waals surface area contributed by atoms with Gasteiger partial charge in [-0.1, -0.05) is 0 Å². The van der Waals surface area contributed by atoms with Crippen LogP contribution >= 0.6 is 0 Å². The number of hydrogen-bond acceptors (Lipinski definition) is 2. The molecule has 3 nitrogen and oxygen atoms in total.